The molecule has 9 nitrogen and oxygen atoms in total. The smallest absolute Gasteiger partial charge is 0.462 e. The second-order valence-corrected chi connectivity index (χ2v) is 26.6. The van der Waals surface area contributed by atoms with Crippen molar-refractivity contribution < 1.29 is 37.6 Å². The van der Waals surface area contributed by atoms with E-state index < -0.39 is 26.5 Å². The summed E-state index contributed by atoms with van der Waals surface area (Å²) in [6.07, 6.45) is 111. The molecule has 93 heavy (non-hydrogen) atoms. The first-order valence-corrected chi connectivity index (χ1v) is 39.8. The third-order valence-electron chi connectivity index (χ3n) is 16.2. The molecule has 532 valence electrons. The Bertz CT molecular complexity index is 2040. The minimum atomic E-state index is -4.40. The van der Waals surface area contributed by atoms with E-state index in [9.17, 15) is 19.0 Å². The highest BCUT2D eigenvalue weighted by atomic mass is 31.2. The Hall–Kier alpha value is -4.11. The van der Waals surface area contributed by atoms with Gasteiger partial charge in [-0.1, -0.05) is 352 Å². The minimum Gasteiger partial charge on any atom is -0.462 e. The van der Waals surface area contributed by atoms with E-state index in [-0.39, 0.29) is 38.6 Å². The molecule has 10 heteroatoms. The quantitative estimate of drug-likeness (QED) is 0.0264. The molecule has 2 unspecified atom stereocenters. The van der Waals surface area contributed by atoms with E-state index in [4.69, 9.17) is 24.3 Å². The van der Waals surface area contributed by atoms with Crippen molar-refractivity contribution in [2.24, 2.45) is 5.73 Å². The fourth-order valence-corrected chi connectivity index (χ4v) is 11.4. The highest BCUT2D eigenvalue weighted by Crippen LogP contribution is 2.43. The summed E-state index contributed by atoms with van der Waals surface area (Å²) in [4.78, 5) is 35.4. The molecule has 0 aromatic carbocycles. The summed E-state index contributed by atoms with van der Waals surface area (Å²) in [6, 6.07) is 0. The number of phosphoric acid groups is 1. The zero-order chi connectivity index (χ0) is 67.2. The van der Waals surface area contributed by atoms with E-state index in [1.165, 1.54) is 180 Å². The maximum atomic E-state index is 12.8. The maximum absolute atomic E-state index is 12.8. The molecular formula is C83H142NO8P. The SMILES string of the molecule is CC/C=C\C/C=C\C/C=C\C/C=C\C/C=C\C/C=C\C/C=C\C/C=C\CCCCCCCCCCCCC(=O)OC(COC(=O)CCCCCCCCCCCCCCCCCCCCCCCCCC/C=C\C/C=C\C/C=C\C/C=C\CC)COP(=O)(O)OCCN. The molecule has 0 rings (SSSR count). The number of carbonyl (C=O) groups excluding carboxylic acids is 2. The average molecular weight is 1310 g/mol. The first-order chi connectivity index (χ1) is 45.8. The van der Waals surface area contributed by atoms with Crippen LogP contribution in [0.4, 0.5) is 0 Å². The van der Waals surface area contributed by atoms with Crippen LogP contribution in [0, 0.1) is 0 Å². The van der Waals surface area contributed by atoms with Crippen LogP contribution < -0.4 is 5.73 Å². The fourth-order valence-electron chi connectivity index (χ4n) is 10.6. The molecule has 0 aromatic rings. The highest BCUT2D eigenvalue weighted by molar-refractivity contribution is 7.47. The van der Waals surface area contributed by atoms with E-state index in [1.807, 2.05) is 0 Å². The zero-order valence-electron chi connectivity index (χ0n) is 59.9. The van der Waals surface area contributed by atoms with Crippen LogP contribution in [0.25, 0.3) is 0 Å². The number of allylic oxidation sites excluding steroid dienone is 24. The monoisotopic (exact) mass is 1310 g/mol. The number of phosphoric ester groups is 1. The molecule has 0 saturated carbocycles. The molecule has 0 aliphatic heterocycles. The predicted molar refractivity (Wildman–Crippen MR) is 404 cm³/mol. The van der Waals surface area contributed by atoms with Crippen LogP contribution in [0.5, 0.6) is 0 Å². The van der Waals surface area contributed by atoms with Crippen molar-refractivity contribution in [3.63, 3.8) is 0 Å². The van der Waals surface area contributed by atoms with Crippen LogP contribution in [-0.4, -0.2) is 49.3 Å². The Morgan fingerprint density at radius 2 is 0.559 bits per heavy atom. The number of hydrogen-bond donors (Lipinski definition) is 2. The molecule has 0 bridgehead atoms. The van der Waals surface area contributed by atoms with Crippen molar-refractivity contribution in [3.05, 3.63) is 146 Å². The molecule has 0 spiro atoms. The van der Waals surface area contributed by atoms with Crippen LogP contribution in [0.1, 0.15) is 335 Å². The van der Waals surface area contributed by atoms with Crippen molar-refractivity contribution in [3.8, 4) is 0 Å². The number of esters is 2. The molecule has 0 radical (unpaired) electrons. The summed E-state index contributed by atoms with van der Waals surface area (Å²) < 4.78 is 33.2. The Balaban J connectivity index is 3.86. The molecule has 0 aliphatic carbocycles. The first kappa shape index (κ1) is 88.9. The largest absolute Gasteiger partial charge is 0.472 e. The maximum Gasteiger partial charge on any atom is 0.472 e. The van der Waals surface area contributed by atoms with Crippen LogP contribution in [0.15, 0.2) is 146 Å². The van der Waals surface area contributed by atoms with Gasteiger partial charge in [0.2, 0.25) is 0 Å². The van der Waals surface area contributed by atoms with E-state index in [2.05, 4.69) is 160 Å². The van der Waals surface area contributed by atoms with Gasteiger partial charge in [0.25, 0.3) is 0 Å². The second kappa shape index (κ2) is 76.9. The lowest BCUT2D eigenvalue weighted by Crippen LogP contribution is -2.29. The Morgan fingerprint density at radius 1 is 0.323 bits per heavy atom. The summed E-state index contributed by atoms with van der Waals surface area (Å²) in [7, 11) is -4.40. The molecule has 0 fully saturated rings. The van der Waals surface area contributed by atoms with Gasteiger partial charge in [0.05, 0.1) is 13.2 Å². The van der Waals surface area contributed by atoms with E-state index >= 15 is 0 Å². The van der Waals surface area contributed by atoms with E-state index in [1.54, 1.807) is 0 Å². The van der Waals surface area contributed by atoms with Gasteiger partial charge in [0, 0.05) is 19.4 Å². The summed E-state index contributed by atoms with van der Waals surface area (Å²) in [6.45, 7) is 3.54. The van der Waals surface area contributed by atoms with Crippen molar-refractivity contribution >= 4 is 19.8 Å². The van der Waals surface area contributed by atoms with Crippen LogP contribution in [-0.2, 0) is 32.7 Å². The molecule has 0 heterocycles. The molecule has 0 aliphatic rings. The fraction of sp³-hybridized carbons (Fsp3) is 0.687. The third-order valence-corrected chi connectivity index (χ3v) is 17.2. The van der Waals surface area contributed by atoms with Gasteiger partial charge in [-0.2, -0.15) is 0 Å². The summed E-state index contributed by atoms with van der Waals surface area (Å²) in [5, 5.41) is 0. The predicted octanol–water partition coefficient (Wildman–Crippen LogP) is 25.8. The highest BCUT2D eigenvalue weighted by Gasteiger charge is 2.26. The number of unbranched alkanes of at least 4 members (excludes halogenated alkanes) is 34. The molecule has 0 saturated heterocycles. The van der Waals surface area contributed by atoms with Crippen molar-refractivity contribution in [1.29, 1.82) is 0 Å². The van der Waals surface area contributed by atoms with Crippen molar-refractivity contribution in [2.45, 2.75) is 341 Å². The van der Waals surface area contributed by atoms with Gasteiger partial charge in [-0.05, 0) is 116 Å². The summed E-state index contributed by atoms with van der Waals surface area (Å²) >= 11 is 0. The summed E-state index contributed by atoms with van der Waals surface area (Å²) in [5.74, 6) is -0.827. The Kier molecular flexibility index (Phi) is 73.5. The van der Waals surface area contributed by atoms with Crippen LogP contribution in [0.3, 0.4) is 0 Å². The average Bonchev–Trinajstić information content (AvgIpc) is 3.70. The first-order valence-electron chi connectivity index (χ1n) is 38.3. The molecule has 3 N–H and O–H groups in total. The lowest BCUT2D eigenvalue weighted by molar-refractivity contribution is -0.161. The number of rotatable bonds is 71. The van der Waals surface area contributed by atoms with Crippen LogP contribution in [0.2, 0.25) is 0 Å². The van der Waals surface area contributed by atoms with Crippen molar-refractivity contribution in [2.75, 3.05) is 26.4 Å². The number of nitrogens with two attached hydrogens (primary N) is 1. The van der Waals surface area contributed by atoms with Gasteiger partial charge < -0.3 is 20.1 Å². The van der Waals surface area contributed by atoms with Gasteiger partial charge in [-0.15, -0.1) is 0 Å². The van der Waals surface area contributed by atoms with E-state index in [0.717, 1.165) is 122 Å². The molecule has 0 amide bonds. The van der Waals surface area contributed by atoms with Gasteiger partial charge >= 0.3 is 19.8 Å². The Labute approximate surface area is 573 Å². The standard InChI is InChI=1S/C83H142NO8P/c1-3-5-7-9-11-13-15-17-19-21-23-25-27-29-31-33-35-37-39-40-42-43-45-47-49-51-53-55-57-59-61-63-65-67-69-71-73-75-82(85)89-79-81(80-91-93(87,88)90-78-77-84)92-83(86)76-74-72-70-68-66-64-62-60-58-56-54-52-50-48-46-44-41-38-36-34-32-30-28-26-24-22-20-18-16-14-12-10-8-6-4-2/h5-8,11-14,17-20,23-26,30,32,36,38,44,46,50,52,81H,3-4,9-10,15-16,21-22,27-29,31,33-35,37,39-43,45,47-49,51,53-80,84H2,1-2H3,(H,87,88)/b7-5-,8-6-,13-11-,14-12-,19-17-,20-18-,25-23-,26-24-,32-30-,38-36-,46-44-,52-50-. The van der Waals surface area contributed by atoms with Gasteiger partial charge in [0.15, 0.2) is 6.10 Å². The molecular weight excluding hydrogens is 1170 g/mol. The van der Waals surface area contributed by atoms with Gasteiger partial charge in [-0.25, -0.2) is 4.57 Å². The number of hydrogen-bond acceptors (Lipinski definition) is 8. The van der Waals surface area contributed by atoms with Crippen LogP contribution >= 0.6 is 7.82 Å². The van der Waals surface area contributed by atoms with E-state index in [0.29, 0.717) is 6.42 Å². The lowest BCUT2D eigenvalue weighted by atomic mass is 10.0. The summed E-state index contributed by atoms with van der Waals surface area (Å²) in [5.41, 5.74) is 5.41. The minimum absolute atomic E-state index is 0.0483. The second-order valence-electron chi connectivity index (χ2n) is 25.1. The van der Waals surface area contributed by atoms with Crippen molar-refractivity contribution in [1.82, 2.24) is 0 Å². The number of carbonyl (C=O) groups is 2. The Morgan fingerprint density at radius 3 is 0.828 bits per heavy atom. The lowest BCUT2D eigenvalue weighted by Gasteiger charge is -2.19. The zero-order valence-corrected chi connectivity index (χ0v) is 60.8. The number of ether oxygens (including phenoxy) is 2. The van der Waals surface area contributed by atoms with Gasteiger partial charge in [0.1, 0.15) is 6.61 Å². The third kappa shape index (κ3) is 76.8. The normalized spacial score (nSPS) is 13.7. The molecule has 0 aromatic heterocycles. The van der Waals surface area contributed by atoms with Gasteiger partial charge in [-0.3, -0.25) is 18.6 Å². The molecule has 2 atom stereocenters. The topological polar surface area (TPSA) is 134 Å².